The topological polar surface area (TPSA) is 137 Å². The van der Waals surface area contributed by atoms with Crippen molar-refractivity contribution in [3.63, 3.8) is 0 Å². The van der Waals surface area contributed by atoms with Gasteiger partial charge in [-0.15, -0.1) is 0 Å². The average molecular weight is 809 g/mol. The molecule has 12 heteroatoms. The van der Waals surface area contributed by atoms with Crippen molar-refractivity contribution in [3.8, 4) is 5.75 Å². The normalized spacial score (nSPS) is 21.3. The Balaban J connectivity index is 1.29. The summed E-state index contributed by atoms with van der Waals surface area (Å²) >= 11 is 0. The summed E-state index contributed by atoms with van der Waals surface area (Å²) in [5.74, 6) is 0.585. The van der Waals surface area contributed by atoms with Gasteiger partial charge in [-0.25, -0.2) is 13.8 Å². The van der Waals surface area contributed by atoms with Gasteiger partial charge in [-0.3, -0.25) is 23.7 Å². The molecule has 10 nitrogen and oxygen atoms in total. The van der Waals surface area contributed by atoms with Crippen molar-refractivity contribution >= 4 is 13.4 Å². The fourth-order valence-corrected chi connectivity index (χ4v) is 7.80. The molecule has 1 unspecified atom stereocenters. The maximum Gasteiger partial charge on any atom is 0.379 e. The van der Waals surface area contributed by atoms with Gasteiger partial charge in [0, 0.05) is 25.1 Å². The SMILES string of the molecule is CC/C=C\C/C=C\C/C=C\C/C=C\C/C=C\C/C=C\CCC(=O)CCCCCCCP(=O)(OC[C@H]1O[C@@H](n2ccc(=O)[nH]c2=O)[C@](C)(F)[C@@H]1O)Oc1ccccc1. The van der Waals surface area contributed by atoms with Gasteiger partial charge in [0.15, 0.2) is 11.9 Å². The molecule has 0 bridgehead atoms. The molecule has 1 fully saturated rings. The molecule has 5 atom stereocenters. The quantitative estimate of drug-likeness (QED) is 0.0493. The second-order valence-electron chi connectivity index (χ2n) is 14.2. The van der Waals surface area contributed by atoms with Gasteiger partial charge in [-0.2, -0.15) is 0 Å². The Hall–Kier alpha value is -4.15. The van der Waals surface area contributed by atoms with Crippen molar-refractivity contribution in [2.75, 3.05) is 12.8 Å². The van der Waals surface area contributed by atoms with Crippen LogP contribution in [0.4, 0.5) is 4.39 Å². The van der Waals surface area contributed by atoms with Crippen LogP contribution in [-0.2, 0) is 18.6 Å². The number of hydrogen-bond acceptors (Lipinski definition) is 8. The van der Waals surface area contributed by atoms with Gasteiger partial charge in [0.05, 0.1) is 12.8 Å². The van der Waals surface area contributed by atoms with Gasteiger partial charge in [0.1, 0.15) is 23.7 Å². The molecular weight excluding hydrogens is 746 g/mol. The fourth-order valence-electron chi connectivity index (χ4n) is 6.09. The van der Waals surface area contributed by atoms with Gasteiger partial charge in [-0.1, -0.05) is 117 Å². The number of alkyl halides is 1. The van der Waals surface area contributed by atoms with Crippen molar-refractivity contribution in [2.45, 2.75) is 128 Å². The van der Waals surface area contributed by atoms with Gasteiger partial charge >= 0.3 is 13.3 Å². The van der Waals surface area contributed by atoms with Crippen LogP contribution < -0.4 is 15.8 Å². The molecule has 0 saturated carbocycles. The van der Waals surface area contributed by atoms with Crippen molar-refractivity contribution < 1.29 is 32.6 Å². The Morgan fingerprint density at radius 2 is 1.40 bits per heavy atom. The molecule has 1 aromatic carbocycles. The van der Waals surface area contributed by atoms with Crippen LogP contribution in [0.3, 0.4) is 0 Å². The number of ether oxygens (including phenoxy) is 1. The largest absolute Gasteiger partial charge is 0.424 e. The van der Waals surface area contributed by atoms with E-state index in [-0.39, 0.29) is 11.9 Å². The number of H-pyrrole nitrogens is 1. The predicted octanol–water partition coefficient (Wildman–Crippen LogP) is 10.2. The molecule has 1 aromatic heterocycles. The Kier molecular flexibility index (Phi) is 22.1. The molecule has 0 aliphatic carbocycles. The summed E-state index contributed by atoms with van der Waals surface area (Å²) in [4.78, 5) is 38.2. The number of para-hydroxylation sites is 1. The third-order valence-electron chi connectivity index (χ3n) is 9.32. The Morgan fingerprint density at radius 1 is 0.842 bits per heavy atom. The molecule has 0 spiro atoms. The molecule has 3 rings (SSSR count). The maximum absolute atomic E-state index is 15.7. The molecular formula is C45H62FN2O8P. The summed E-state index contributed by atoms with van der Waals surface area (Å²) in [5.41, 5.74) is -3.97. The van der Waals surface area contributed by atoms with E-state index in [4.69, 9.17) is 13.8 Å². The number of nitrogens with one attached hydrogen (secondary N) is 1. The highest BCUT2D eigenvalue weighted by Crippen LogP contribution is 2.50. The summed E-state index contributed by atoms with van der Waals surface area (Å²) in [7, 11) is -3.78. The minimum Gasteiger partial charge on any atom is -0.424 e. The van der Waals surface area contributed by atoms with Gasteiger partial charge in [-0.05, 0) is 76.8 Å². The van der Waals surface area contributed by atoms with Crippen LogP contribution in [0, 0.1) is 0 Å². The molecule has 2 heterocycles. The van der Waals surface area contributed by atoms with E-state index >= 15 is 4.39 Å². The molecule has 1 aliphatic heterocycles. The Labute approximate surface area is 337 Å². The highest BCUT2D eigenvalue weighted by molar-refractivity contribution is 7.54. The lowest BCUT2D eigenvalue weighted by atomic mass is 9.98. The van der Waals surface area contributed by atoms with E-state index in [0.717, 1.165) is 94.4 Å². The molecule has 1 saturated heterocycles. The smallest absolute Gasteiger partial charge is 0.379 e. The summed E-state index contributed by atoms with van der Waals surface area (Å²) in [6, 6.07) is 9.59. The number of nitrogens with zero attached hydrogens (tertiary/aromatic N) is 1. The number of aromatic amines is 1. The van der Waals surface area contributed by atoms with Gasteiger partial charge in [0.2, 0.25) is 0 Å². The monoisotopic (exact) mass is 808 g/mol. The second-order valence-corrected chi connectivity index (χ2v) is 16.3. The van der Waals surface area contributed by atoms with Crippen LogP contribution in [0.5, 0.6) is 5.75 Å². The van der Waals surface area contributed by atoms with E-state index in [2.05, 4.69) is 79.8 Å². The lowest BCUT2D eigenvalue weighted by molar-refractivity contribution is -0.119. The van der Waals surface area contributed by atoms with Crippen molar-refractivity contribution in [2.24, 2.45) is 0 Å². The number of unbranched alkanes of at least 4 members (excludes halogenated alkanes) is 4. The molecule has 1 aliphatic rings. The predicted molar refractivity (Wildman–Crippen MR) is 226 cm³/mol. The first-order valence-electron chi connectivity index (χ1n) is 20.3. The number of carbonyl (C=O) groups is 1. The lowest BCUT2D eigenvalue weighted by Crippen LogP contribution is -2.43. The molecule has 312 valence electrons. The number of halogens is 1. The van der Waals surface area contributed by atoms with Crippen LogP contribution in [0.2, 0.25) is 0 Å². The first-order chi connectivity index (χ1) is 27.6. The zero-order chi connectivity index (χ0) is 41.2. The number of hydrogen-bond donors (Lipinski definition) is 2. The number of carbonyl (C=O) groups excluding carboxylic acids is 1. The van der Waals surface area contributed by atoms with Crippen LogP contribution in [0.25, 0.3) is 0 Å². The fraction of sp³-hybridized carbons (Fsp3) is 0.489. The number of ketones is 1. The van der Waals surface area contributed by atoms with E-state index in [1.54, 1.807) is 30.3 Å². The summed E-state index contributed by atoms with van der Waals surface area (Å²) in [6.07, 6.45) is 33.9. The van der Waals surface area contributed by atoms with E-state index in [1.807, 2.05) is 4.98 Å². The summed E-state index contributed by atoms with van der Waals surface area (Å²) < 4.78 is 47.7. The highest BCUT2D eigenvalue weighted by Gasteiger charge is 2.55. The zero-order valence-corrected chi connectivity index (χ0v) is 34.5. The van der Waals surface area contributed by atoms with E-state index < -0.39 is 49.6 Å². The number of rotatable bonds is 28. The number of aliphatic hydroxyl groups is 1. The average Bonchev–Trinajstić information content (AvgIpc) is 3.41. The van der Waals surface area contributed by atoms with Crippen LogP contribution in [0.1, 0.15) is 110 Å². The minimum absolute atomic E-state index is 0.0747. The first-order valence-corrected chi connectivity index (χ1v) is 22.0. The third-order valence-corrected chi connectivity index (χ3v) is 11.2. The second kappa shape index (κ2) is 26.7. The van der Waals surface area contributed by atoms with Crippen molar-refractivity contribution in [3.05, 3.63) is 136 Å². The van der Waals surface area contributed by atoms with E-state index in [0.29, 0.717) is 25.0 Å². The van der Waals surface area contributed by atoms with E-state index in [1.165, 1.54) is 0 Å². The highest BCUT2D eigenvalue weighted by atomic mass is 31.2. The van der Waals surface area contributed by atoms with Gasteiger partial charge < -0.3 is 14.4 Å². The molecule has 2 aromatic rings. The third kappa shape index (κ3) is 18.3. The van der Waals surface area contributed by atoms with Gasteiger partial charge in [0.25, 0.3) is 5.56 Å². The zero-order valence-electron chi connectivity index (χ0n) is 33.6. The minimum atomic E-state index is -3.78. The summed E-state index contributed by atoms with van der Waals surface area (Å²) in [6.45, 7) is 2.77. The van der Waals surface area contributed by atoms with Crippen LogP contribution in [-0.4, -0.2) is 51.1 Å². The maximum atomic E-state index is 15.7. The summed E-state index contributed by atoms with van der Waals surface area (Å²) in [5, 5.41) is 10.7. The molecule has 2 N–H and O–H groups in total. The number of benzene rings is 1. The van der Waals surface area contributed by atoms with Crippen LogP contribution in [0.15, 0.2) is 125 Å². The van der Waals surface area contributed by atoms with Crippen molar-refractivity contribution in [1.82, 2.24) is 9.55 Å². The molecule has 0 radical (unpaired) electrons. The number of Topliss-reactive ketones (excluding diaryl/α,β-unsaturated/α-hetero) is 1. The molecule has 0 amide bonds. The first kappa shape index (κ1) is 47.2. The number of aromatic nitrogens is 2. The standard InChI is InChI=1S/C45H62FN2O8P/c1-3-4-5-6-7-8-9-10-11-12-13-14-15-16-17-18-19-21-25-30-38(49)31-26-22-20-23-29-36-57(53,56-39-32-27-24-28-33-39)54-37-40-42(51)45(2,46)43(55-40)48-35-34-41(50)47-44(48)52/h4-5,7-8,10-11,13-14,16-17,19,21,24,27-28,32-35,40,42-43,51H,3,6,9,12,15,18,20,22-23,25-26,29-31,36-37H2,1-2H3,(H,47,50,52)/b5-4-,8-7-,11-10-,14-13-,17-16-,21-19-/t40-,42-,43-,45-,57?/m1/s1. The number of allylic oxidation sites excluding steroid dienone is 12. The Bertz CT molecular complexity index is 1810. The lowest BCUT2D eigenvalue weighted by Gasteiger charge is -2.24. The number of aliphatic hydroxyl groups excluding tert-OH is 1. The Morgan fingerprint density at radius 3 is 2.00 bits per heavy atom. The van der Waals surface area contributed by atoms with Crippen LogP contribution >= 0.6 is 7.60 Å². The van der Waals surface area contributed by atoms with E-state index in [9.17, 15) is 24.1 Å². The van der Waals surface area contributed by atoms with Crippen molar-refractivity contribution in [1.29, 1.82) is 0 Å². The molecule has 57 heavy (non-hydrogen) atoms.